The van der Waals surface area contributed by atoms with E-state index in [-0.39, 0.29) is 18.1 Å². The number of carbonyl (C=O) groups is 2. The van der Waals surface area contributed by atoms with Crippen LogP contribution in [0.5, 0.6) is 0 Å². The summed E-state index contributed by atoms with van der Waals surface area (Å²) in [6.45, 7) is 2.17. The van der Waals surface area contributed by atoms with E-state index in [4.69, 9.17) is 15.2 Å². The first-order valence-corrected chi connectivity index (χ1v) is 7.98. The zero-order valence-corrected chi connectivity index (χ0v) is 13.8. The quantitative estimate of drug-likeness (QED) is 0.643. The predicted octanol–water partition coefficient (Wildman–Crippen LogP) is 2.43. The van der Waals surface area contributed by atoms with Crippen LogP contribution in [-0.4, -0.2) is 24.6 Å². The van der Waals surface area contributed by atoms with E-state index in [9.17, 15) is 9.59 Å². The molecule has 0 aliphatic heterocycles. The molecule has 1 aromatic carbocycles. The van der Waals surface area contributed by atoms with Crippen molar-refractivity contribution in [1.29, 1.82) is 0 Å². The zero-order chi connectivity index (χ0) is 16.9. The van der Waals surface area contributed by atoms with Gasteiger partial charge in [-0.1, -0.05) is 30.3 Å². The lowest BCUT2D eigenvalue weighted by atomic mass is 9.91. The van der Waals surface area contributed by atoms with Crippen LogP contribution < -0.4 is 5.73 Å². The van der Waals surface area contributed by atoms with Crippen molar-refractivity contribution in [1.82, 2.24) is 0 Å². The van der Waals surface area contributed by atoms with Crippen molar-refractivity contribution >= 4 is 11.9 Å². The van der Waals surface area contributed by atoms with Crippen molar-refractivity contribution in [2.45, 2.75) is 44.8 Å². The van der Waals surface area contributed by atoms with Crippen molar-refractivity contribution in [3.8, 4) is 0 Å². The molecule has 1 aromatic rings. The second kappa shape index (κ2) is 7.59. The third-order valence-corrected chi connectivity index (χ3v) is 4.44. The van der Waals surface area contributed by atoms with E-state index in [0.717, 1.165) is 24.8 Å². The lowest BCUT2D eigenvalue weighted by Crippen LogP contribution is -2.33. The van der Waals surface area contributed by atoms with Crippen LogP contribution >= 0.6 is 0 Å². The first kappa shape index (κ1) is 17.5. The van der Waals surface area contributed by atoms with Gasteiger partial charge in [0, 0.05) is 5.54 Å². The molecule has 0 amide bonds. The Bertz CT molecular complexity index is 541. The summed E-state index contributed by atoms with van der Waals surface area (Å²) in [5, 5.41) is 0. The number of nitrogens with two attached hydrogens (primary N) is 1. The molecule has 0 aromatic heterocycles. The minimum Gasteiger partial charge on any atom is -0.468 e. The van der Waals surface area contributed by atoms with Crippen LogP contribution in [0.1, 0.15) is 38.2 Å². The SMILES string of the molecule is COC(=O)[C@@H](C[C@H]1CC[C@@](C)(N)C1)C(=O)OCc1ccccc1. The standard InChI is InChI=1S/C18H25NO4/c1-18(19)9-8-14(11-18)10-15(16(20)22-2)17(21)23-12-13-6-4-3-5-7-13/h3-7,14-15H,8-12,19H2,1-2H3/t14-,15-,18-/m1/s1. The molecule has 1 aliphatic carbocycles. The highest BCUT2D eigenvalue weighted by Crippen LogP contribution is 2.36. The Labute approximate surface area is 137 Å². The van der Waals surface area contributed by atoms with Gasteiger partial charge < -0.3 is 15.2 Å². The van der Waals surface area contributed by atoms with E-state index in [2.05, 4.69) is 0 Å². The fourth-order valence-electron chi connectivity index (χ4n) is 3.19. The monoisotopic (exact) mass is 319 g/mol. The van der Waals surface area contributed by atoms with E-state index in [1.165, 1.54) is 7.11 Å². The maximum atomic E-state index is 12.3. The molecule has 5 heteroatoms. The van der Waals surface area contributed by atoms with Crippen molar-refractivity contribution in [2.75, 3.05) is 7.11 Å². The summed E-state index contributed by atoms with van der Waals surface area (Å²) in [5.74, 6) is -1.68. The molecule has 126 valence electrons. The normalized spacial score (nSPS) is 24.9. The smallest absolute Gasteiger partial charge is 0.320 e. The third kappa shape index (κ3) is 5.06. The fraction of sp³-hybridized carbons (Fsp3) is 0.556. The Morgan fingerprint density at radius 2 is 2.00 bits per heavy atom. The molecule has 2 rings (SSSR count). The summed E-state index contributed by atoms with van der Waals surface area (Å²) in [5.41, 5.74) is 6.81. The molecule has 0 saturated heterocycles. The molecule has 0 bridgehead atoms. The van der Waals surface area contributed by atoms with E-state index < -0.39 is 17.9 Å². The van der Waals surface area contributed by atoms with Crippen molar-refractivity contribution in [3.05, 3.63) is 35.9 Å². The van der Waals surface area contributed by atoms with E-state index in [1.54, 1.807) is 0 Å². The summed E-state index contributed by atoms with van der Waals surface area (Å²) >= 11 is 0. The Hall–Kier alpha value is -1.88. The molecule has 1 fully saturated rings. The highest BCUT2D eigenvalue weighted by molar-refractivity contribution is 5.94. The topological polar surface area (TPSA) is 78.6 Å². The molecule has 5 nitrogen and oxygen atoms in total. The van der Waals surface area contributed by atoms with Crippen molar-refractivity contribution in [2.24, 2.45) is 17.6 Å². The van der Waals surface area contributed by atoms with Gasteiger partial charge in [0.2, 0.25) is 0 Å². The highest BCUT2D eigenvalue weighted by Gasteiger charge is 2.38. The molecule has 0 unspecified atom stereocenters. The van der Waals surface area contributed by atoms with Crippen molar-refractivity contribution < 1.29 is 19.1 Å². The fourth-order valence-corrected chi connectivity index (χ4v) is 3.19. The number of hydrogen-bond donors (Lipinski definition) is 1. The van der Waals surface area contributed by atoms with Crippen LogP contribution in [-0.2, 0) is 25.7 Å². The van der Waals surface area contributed by atoms with Crippen molar-refractivity contribution in [3.63, 3.8) is 0 Å². The largest absolute Gasteiger partial charge is 0.468 e. The number of hydrogen-bond acceptors (Lipinski definition) is 5. The average molecular weight is 319 g/mol. The lowest BCUT2D eigenvalue weighted by Gasteiger charge is -2.20. The van der Waals surface area contributed by atoms with Gasteiger partial charge in [-0.15, -0.1) is 0 Å². The minimum atomic E-state index is -0.873. The summed E-state index contributed by atoms with van der Waals surface area (Å²) in [7, 11) is 1.29. The van der Waals surface area contributed by atoms with Gasteiger partial charge in [0.05, 0.1) is 7.11 Å². The first-order chi connectivity index (χ1) is 10.9. The number of benzene rings is 1. The summed E-state index contributed by atoms with van der Waals surface area (Å²) in [6, 6.07) is 9.39. The van der Waals surface area contributed by atoms with E-state index >= 15 is 0 Å². The molecular weight excluding hydrogens is 294 g/mol. The summed E-state index contributed by atoms with van der Waals surface area (Å²) < 4.78 is 10.1. The molecule has 0 spiro atoms. The van der Waals surface area contributed by atoms with Crippen LogP contribution in [0.2, 0.25) is 0 Å². The molecule has 23 heavy (non-hydrogen) atoms. The van der Waals surface area contributed by atoms with E-state index in [0.29, 0.717) is 6.42 Å². The van der Waals surface area contributed by atoms with Gasteiger partial charge in [-0.05, 0) is 44.1 Å². The second-order valence-electron chi connectivity index (χ2n) is 6.67. The van der Waals surface area contributed by atoms with Crippen LogP contribution in [0.15, 0.2) is 30.3 Å². The Morgan fingerprint density at radius 3 is 2.57 bits per heavy atom. The Morgan fingerprint density at radius 1 is 1.30 bits per heavy atom. The van der Waals surface area contributed by atoms with Crippen LogP contribution in [0.25, 0.3) is 0 Å². The highest BCUT2D eigenvalue weighted by atomic mass is 16.5. The van der Waals surface area contributed by atoms with E-state index in [1.807, 2.05) is 37.3 Å². The average Bonchev–Trinajstić information content (AvgIpc) is 2.89. The van der Waals surface area contributed by atoms with Gasteiger partial charge >= 0.3 is 11.9 Å². The molecule has 0 heterocycles. The van der Waals surface area contributed by atoms with Crippen LogP contribution in [0.4, 0.5) is 0 Å². The predicted molar refractivity (Wildman–Crippen MR) is 86.3 cm³/mol. The molecule has 2 N–H and O–H groups in total. The number of esters is 2. The first-order valence-electron chi connectivity index (χ1n) is 7.98. The maximum Gasteiger partial charge on any atom is 0.320 e. The zero-order valence-electron chi connectivity index (χ0n) is 13.8. The van der Waals surface area contributed by atoms with Gasteiger partial charge in [0.25, 0.3) is 0 Å². The summed E-state index contributed by atoms with van der Waals surface area (Å²) in [6.07, 6.45) is 3.08. The molecule has 1 aliphatic rings. The number of ether oxygens (including phenoxy) is 2. The number of rotatable bonds is 6. The van der Waals surface area contributed by atoms with Crippen LogP contribution in [0, 0.1) is 11.8 Å². The Kier molecular flexibility index (Phi) is 5.77. The Balaban J connectivity index is 1.94. The van der Waals surface area contributed by atoms with Gasteiger partial charge in [0.1, 0.15) is 6.61 Å². The number of carbonyl (C=O) groups excluding carboxylic acids is 2. The van der Waals surface area contributed by atoms with Gasteiger partial charge in [-0.2, -0.15) is 0 Å². The van der Waals surface area contributed by atoms with Crippen LogP contribution in [0.3, 0.4) is 0 Å². The summed E-state index contributed by atoms with van der Waals surface area (Å²) in [4.78, 5) is 24.3. The molecular formula is C18H25NO4. The number of methoxy groups -OCH3 is 1. The second-order valence-corrected chi connectivity index (χ2v) is 6.67. The molecule has 3 atom stereocenters. The molecule has 0 radical (unpaired) electrons. The third-order valence-electron chi connectivity index (χ3n) is 4.44. The maximum absolute atomic E-state index is 12.3. The van der Waals surface area contributed by atoms with Gasteiger partial charge in [0.15, 0.2) is 5.92 Å². The lowest BCUT2D eigenvalue weighted by molar-refractivity contribution is -0.162. The van der Waals surface area contributed by atoms with Gasteiger partial charge in [-0.25, -0.2) is 0 Å². The molecule has 1 saturated carbocycles. The van der Waals surface area contributed by atoms with Gasteiger partial charge in [-0.3, -0.25) is 9.59 Å². The minimum absolute atomic E-state index is 0.159.